The molecule has 3 heteroatoms. The Bertz CT molecular complexity index is 667. The van der Waals surface area contributed by atoms with E-state index in [0.717, 1.165) is 11.3 Å². The molecule has 0 aliphatic heterocycles. The van der Waals surface area contributed by atoms with Gasteiger partial charge in [-0.2, -0.15) is 0 Å². The highest BCUT2D eigenvalue weighted by molar-refractivity contribution is 5.95. The molecule has 0 radical (unpaired) electrons. The van der Waals surface area contributed by atoms with Gasteiger partial charge in [0.25, 0.3) is 0 Å². The Morgan fingerprint density at radius 2 is 2.12 bits per heavy atom. The van der Waals surface area contributed by atoms with Gasteiger partial charge >= 0.3 is 0 Å². The Balaban J connectivity index is 2.48. The van der Waals surface area contributed by atoms with Gasteiger partial charge < -0.3 is 10.1 Å². The van der Waals surface area contributed by atoms with Gasteiger partial charge in [-0.25, -0.2) is 4.98 Å². The average Bonchev–Trinajstić information content (AvgIpc) is 2.72. The summed E-state index contributed by atoms with van der Waals surface area (Å²) in [6, 6.07) is 8.41. The van der Waals surface area contributed by atoms with Crippen LogP contribution in [0, 0.1) is 6.92 Å². The zero-order valence-corrected chi connectivity index (χ0v) is 9.14. The standard InChI is InChI=1S/C13H13N3/c1-9-3-2-4-12-11(9)5-6-16-8-10(7-14)15-13(12)16/h2-6,8H,7,14H2,1H3. The molecule has 2 heterocycles. The van der Waals surface area contributed by atoms with Crippen molar-refractivity contribution in [3.05, 3.63) is 47.9 Å². The van der Waals surface area contributed by atoms with E-state index in [1.54, 1.807) is 0 Å². The molecule has 3 nitrogen and oxygen atoms in total. The Labute approximate surface area is 93.5 Å². The van der Waals surface area contributed by atoms with Crippen molar-refractivity contribution >= 4 is 16.4 Å². The number of nitrogens with zero attached hydrogens (tertiary/aromatic N) is 2. The monoisotopic (exact) mass is 211 g/mol. The second-order valence-corrected chi connectivity index (χ2v) is 4.02. The van der Waals surface area contributed by atoms with Crippen LogP contribution in [0.3, 0.4) is 0 Å². The number of aromatic nitrogens is 2. The van der Waals surface area contributed by atoms with Gasteiger partial charge in [0.2, 0.25) is 0 Å². The smallest absolute Gasteiger partial charge is 0.144 e. The first-order chi connectivity index (χ1) is 7.79. The molecule has 0 atom stereocenters. The minimum Gasteiger partial charge on any atom is -0.325 e. The maximum atomic E-state index is 5.61. The van der Waals surface area contributed by atoms with Crippen LogP contribution in [0.15, 0.2) is 36.7 Å². The molecule has 0 saturated carbocycles. The molecule has 2 N–H and O–H groups in total. The lowest BCUT2D eigenvalue weighted by Gasteiger charge is -2.02. The Hall–Kier alpha value is -1.87. The van der Waals surface area contributed by atoms with Gasteiger partial charge in [-0.05, 0) is 23.9 Å². The molecule has 3 aromatic rings. The van der Waals surface area contributed by atoms with Crippen molar-refractivity contribution in [1.29, 1.82) is 0 Å². The molecular formula is C13H13N3. The quantitative estimate of drug-likeness (QED) is 0.671. The van der Waals surface area contributed by atoms with E-state index in [-0.39, 0.29) is 0 Å². The normalized spacial score (nSPS) is 11.4. The fourth-order valence-corrected chi connectivity index (χ4v) is 2.11. The first-order valence-electron chi connectivity index (χ1n) is 5.35. The highest BCUT2D eigenvalue weighted by Crippen LogP contribution is 2.22. The number of nitrogens with two attached hydrogens (primary N) is 1. The van der Waals surface area contributed by atoms with Crippen LogP contribution in [0.25, 0.3) is 16.4 Å². The summed E-state index contributed by atoms with van der Waals surface area (Å²) in [7, 11) is 0. The van der Waals surface area contributed by atoms with Gasteiger partial charge in [-0.1, -0.05) is 18.2 Å². The minimum absolute atomic E-state index is 0.481. The Morgan fingerprint density at radius 1 is 1.25 bits per heavy atom. The average molecular weight is 211 g/mol. The Kier molecular flexibility index (Phi) is 1.94. The highest BCUT2D eigenvalue weighted by Gasteiger charge is 2.05. The van der Waals surface area contributed by atoms with Crippen molar-refractivity contribution in [1.82, 2.24) is 9.38 Å². The van der Waals surface area contributed by atoms with Crippen molar-refractivity contribution in [3.63, 3.8) is 0 Å². The molecule has 16 heavy (non-hydrogen) atoms. The van der Waals surface area contributed by atoms with Crippen molar-refractivity contribution in [2.75, 3.05) is 0 Å². The number of imidazole rings is 1. The van der Waals surface area contributed by atoms with Crippen LogP contribution in [0.1, 0.15) is 11.3 Å². The molecule has 0 amide bonds. The van der Waals surface area contributed by atoms with E-state index in [1.165, 1.54) is 16.3 Å². The van der Waals surface area contributed by atoms with Crippen LogP contribution < -0.4 is 5.73 Å². The third-order valence-corrected chi connectivity index (χ3v) is 2.96. The van der Waals surface area contributed by atoms with Gasteiger partial charge in [0, 0.05) is 24.3 Å². The first kappa shape index (κ1) is 9.36. The van der Waals surface area contributed by atoms with Crippen LogP contribution >= 0.6 is 0 Å². The maximum Gasteiger partial charge on any atom is 0.144 e. The summed E-state index contributed by atoms with van der Waals surface area (Å²) >= 11 is 0. The minimum atomic E-state index is 0.481. The van der Waals surface area contributed by atoms with E-state index < -0.39 is 0 Å². The lowest BCUT2D eigenvalue weighted by Crippen LogP contribution is -1.95. The van der Waals surface area contributed by atoms with Crippen molar-refractivity contribution < 1.29 is 0 Å². The summed E-state index contributed by atoms with van der Waals surface area (Å²) < 4.78 is 2.03. The van der Waals surface area contributed by atoms with Crippen molar-refractivity contribution in [3.8, 4) is 0 Å². The third kappa shape index (κ3) is 1.22. The maximum absolute atomic E-state index is 5.61. The molecule has 0 aliphatic rings. The van der Waals surface area contributed by atoms with Crippen LogP contribution in [0.2, 0.25) is 0 Å². The predicted octanol–water partition coefficient (Wildman–Crippen LogP) is 2.25. The molecule has 0 saturated heterocycles. The third-order valence-electron chi connectivity index (χ3n) is 2.96. The summed E-state index contributed by atoms with van der Waals surface area (Å²) in [5, 5.41) is 2.44. The van der Waals surface area contributed by atoms with Gasteiger partial charge in [-0.15, -0.1) is 0 Å². The fraction of sp³-hybridized carbons (Fsp3) is 0.154. The summed E-state index contributed by atoms with van der Waals surface area (Å²) in [5.41, 5.74) is 8.80. The Morgan fingerprint density at radius 3 is 2.94 bits per heavy atom. The fourth-order valence-electron chi connectivity index (χ4n) is 2.11. The molecule has 80 valence electrons. The molecule has 0 bridgehead atoms. The largest absolute Gasteiger partial charge is 0.325 e. The molecule has 1 aromatic carbocycles. The second-order valence-electron chi connectivity index (χ2n) is 4.02. The summed E-state index contributed by atoms with van der Waals surface area (Å²) in [6.45, 7) is 2.60. The number of rotatable bonds is 1. The lowest BCUT2D eigenvalue weighted by molar-refractivity contribution is 1.02. The van der Waals surface area contributed by atoms with E-state index in [0.29, 0.717) is 6.54 Å². The molecule has 0 spiro atoms. The van der Waals surface area contributed by atoms with Gasteiger partial charge in [0.15, 0.2) is 0 Å². The van der Waals surface area contributed by atoms with Crippen molar-refractivity contribution in [2.24, 2.45) is 5.73 Å². The van der Waals surface area contributed by atoms with Crippen LogP contribution in [0.5, 0.6) is 0 Å². The molecule has 2 aromatic heterocycles. The molecular weight excluding hydrogens is 198 g/mol. The van der Waals surface area contributed by atoms with Gasteiger partial charge in [0.05, 0.1) is 5.69 Å². The highest BCUT2D eigenvalue weighted by atomic mass is 15.0. The second kappa shape index (κ2) is 3.32. The van der Waals surface area contributed by atoms with Gasteiger partial charge in [-0.3, -0.25) is 0 Å². The molecule has 0 unspecified atom stereocenters. The number of benzene rings is 1. The summed E-state index contributed by atoms with van der Waals surface area (Å²) in [5.74, 6) is 0. The SMILES string of the molecule is Cc1cccc2c1ccn1cc(CN)nc21. The summed E-state index contributed by atoms with van der Waals surface area (Å²) in [4.78, 5) is 4.54. The number of fused-ring (bicyclic) bond motifs is 3. The van der Waals surface area contributed by atoms with Crippen molar-refractivity contribution in [2.45, 2.75) is 13.5 Å². The first-order valence-corrected chi connectivity index (χ1v) is 5.35. The van der Waals surface area contributed by atoms with Crippen LogP contribution in [-0.2, 0) is 6.54 Å². The van der Waals surface area contributed by atoms with Crippen LogP contribution in [0.4, 0.5) is 0 Å². The lowest BCUT2D eigenvalue weighted by atomic mass is 10.1. The van der Waals surface area contributed by atoms with E-state index >= 15 is 0 Å². The molecule has 0 aliphatic carbocycles. The van der Waals surface area contributed by atoms with E-state index in [1.807, 2.05) is 16.8 Å². The van der Waals surface area contributed by atoms with E-state index in [4.69, 9.17) is 5.73 Å². The van der Waals surface area contributed by atoms with E-state index in [9.17, 15) is 0 Å². The number of hydrogen-bond acceptors (Lipinski definition) is 2. The predicted molar refractivity (Wildman–Crippen MR) is 65.3 cm³/mol. The zero-order chi connectivity index (χ0) is 11.1. The van der Waals surface area contributed by atoms with Crippen LogP contribution in [-0.4, -0.2) is 9.38 Å². The number of hydrogen-bond donors (Lipinski definition) is 1. The van der Waals surface area contributed by atoms with Gasteiger partial charge in [0.1, 0.15) is 5.65 Å². The zero-order valence-electron chi connectivity index (χ0n) is 9.14. The number of aryl methyl sites for hydroxylation is 1. The van der Waals surface area contributed by atoms with E-state index in [2.05, 4.69) is 36.2 Å². The summed E-state index contributed by atoms with van der Waals surface area (Å²) in [6.07, 6.45) is 4.02. The topological polar surface area (TPSA) is 43.3 Å². The molecule has 3 rings (SSSR count). The number of pyridine rings is 1. The molecule has 0 fully saturated rings.